The lowest BCUT2D eigenvalue weighted by Gasteiger charge is -2.25. The lowest BCUT2D eigenvalue weighted by molar-refractivity contribution is 0.0916. The minimum atomic E-state index is -0.392. The Balaban J connectivity index is 1.84. The van der Waals surface area contributed by atoms with Crippen LogP contribution in [-0.2, 0) is 0 Å². The fourth-order valence-electron chi connectivity index (χ4n) is 4.21. The summed E-state index contributed by atoms with van der Waals surface area (Å²) in [5.41, 5.74) is 1.16. The maximum atomic E-state index is 13.0. The van der Waals surface area contributed by atoms with Crippen LogP contribution in [-0.4, -0.2) is 16.7 Å². The van der Waals surface area contributed by atoms with Crippen LogP contribution in [0.1, 0.15) is 91.3 Å². The molecule has 25 heavy (non-hydrogen) atoms. The molecule has 1 aromatic rings. The van der Waals surface area contributed by atoms with Crippen molar-refractivity contribution in [1.82, 2.24) is 0 Å². The van der Waals surface area contributed by atoms with Crippen molar-refractivity contribution in [1.29, 1.82) is 0 Å². The molecule has 2 aliphatic carbocycles. The quantitative estimate of drug-likeness (QED) is 0.703. The molecule has 0 radical (unpaired) electrons. The number of fused-ring (bicyclic) bond motifs is 1. The summed E-state index contributed by atoms with van der Waals surface area (Å²) in [6.07, 6.45) is 12.6. The summed E-state index contributed by atoms with van der Waals surface area (Å²) in [7, 11) is 0. The van der Waals surface area contributed by atoms with Crippen molar-refractivity contribution >= 4 is 11.6 Å². The SMILES string of the molecule is O=C1C(O)=C(C2CCCCCCCCCCC2)C(=O)c2ccccc21. The topological polar surface area (TPSA) is 54.4 Å². The first-order valence-electron chi connectivity index (χ1n) is 9.81. The molecule has 0 unspecified atom stereocenters. The summed E-state index contributed by atoms with van der Waals surface area (Å²) >= 11 is 0. The van der Waals surface area contributed by atoms with Crippen molar-refractivity contribution in [2.75, 3.05) is 0 Å². The molecule has 1 N–H and O–H groups in total. The monoisotopic (exact) mass is 340 g/mol. The van der Waals surface area contributed by atoms with Gasteiger partial charge in [0.05, 0.1) is 0 Å². The zero-order valence-electron chi connectivity index (χ0n) is 14.9. The highest BCUT2D eigenvalue weighted by molar-refractivity contribution is 6.26. The molecule has 0 amide bonds. The van der Waals surface area contributed by atoms with Crippen LogP contribution >= 0.6 is 0 Å². The molecule has 1 aromatic carbocycles. The van der Waals surface area contributed by atoms with Crippen molar-refractivity contribution in [3.05, 3.63) is 46.7 Å². The molecular weight excluding hydrogens is 312 g/mol. The van der Waals surface area contributed by atoms with Crippen molar-refractivity contribution in [2.45, 2.75) is 70.6 Å². The average molecular weight is 340 g/mol. The molecule has 0 heterocycles. The summed E-state index contributed by atoms with van der Waals surface area (Å²) in [6.45, 7) is 0. The van der Waals surface area contributed by atoms with Crippen LogP contribution in [0.4, 0.5) is 0 Å². The Bertz CT molecular complexity index is 660. The third-order valence-corrected chi connectivity index (χ3v) is 5.64. The second-order valence-corrected chi connectivity index (χ2v) is 7.42. The molecule has 3 nitrogen and oxygen atoms in total. The molecule has 0 aliphatic heterocycles. The number of aliphatic hydroxyl groups is 1. The van der Waals surface area contributed by atoms with E-state index in [0.717, 1.165) is 25.7 Å². The smallest absolute Gasteiger partial charge is 0.228 e. The predicted molar refractivity (Wildman–Crippen MR) is 99.0 cm³/mol. The number of Topliss-reactive ketones (excluding diaryl/α,β-unsaturated/α-hetero) is 2. The van der Waals surface area contributed by atoms with Gasteiger partial charge in [-0.3, -0.25) is 9.59 Å². The van der Waals surface area contributed by atoms with Gasteiger partial charge in [0, 0.05) is 16.7 Å². The normalized spacial score (nSPS) is 21.4. The third-order valence-electron chi connectivity index (χ3n) is 5.64. The lowest BCUT2D eigenvalue weighted by Crippen LogP contribution is -2.26. The van der Waals surface area contributed by atoms with Crippen LogP contribution in [0.25, 0.3) is 0 Å². The van der Waals surface area contributed by atoms with E-state index in [0.29, 0.717) is 16.7 Å². The molecule has 3 heteroatoms. The zero-order chi connectivity index (χ0) is 17.6. The van der Waals surface area contributed by atoms with E-state index in [2.05, 4.69) is 0 Å². The number of ketones is 2. The first-order chi connectivity index (χ1) is 12.2. The molecule has 2 aliphatic rings. The van der Waals surface area contributed by atoms with Crippen LogP contribution in [0, 0.1) is 5.92 Å². The molecule has 0 atom stereocenters. The number of benzene rings is 1. The van der Waals surface area contributed by atoms with Crippen molar-refractivity contribution < 1.29 is 14.7 Å². The van der Waals surface area contributed by atoms with E-state index in [4.69, 9.17) is 0 Å². The Hall–Kier alpha value is -1.90. The second-order valence-electron chi connectivity index (χ2n) is 7.42. The maximum absolute atomic E-state index is 13.0. The van der Waals surface area contributed by atoms with E-state index in [1.807, 2.05) is 0 Å². The van der Waals surface area contributed by atoms with Gasteiger partial charge in [0.25, 0.3) is 0 Å². The molecule has 0 spiro atoms. The Kier molecular flexibility index (Phi) is 6.06. The maximum Gasteiger partial charge on any atom is 0.228 e. The predicted octanol–water partition coefficient (Wildman–Crippen LogP) is 5.80. The lowest BCUT2D eigenvalue weighted by atomic mass is 9.78. The molecule has 134 valence electrons. The van der Waals surface area contributed by atoms with E-state index in [1.165, 1.54) is 44.9 Å². The first kappa shape index (κ1) is 17.9. The van der Waals surface area contributed by atoms with Crippen molar-refractivity contribution in [3.63, 3.8) is 0 Å². The molecule has 0 aromatic heterocycles. The van der Waals surface area contributed by atoms with Gasteiger partial charge >= 0.3 is 0 Å². The van der Waals surface area contributed by atoms with Gasteiger partial charge in [0.2, 0.25) is 5.78 Å². The summed E-state index contributed by atoms with van der Waals surface area (Å²) < 4.78 is 0. The number of rotatable bonds is 1. The Morgan fingerprint density at radius 2 is 1.12 bits per heavy atom. The zero-order valence-corrected chi connectivity index (χ0v) is 14.9. The van der Waals surface area contributed by atoms with Crippen molar-refractivity contribution in [3.8, 4) is 0 Å². The number of carbonyl (C=O) groups is 2. The average Bonchev–Trinajstić information content (AvgIpc) is 2.62. The van der Waals surface area contributed by atoms with E-state index < -0.39 is 5.78 Å². The number of hydrogen-bond acceptors (Lipinski definition) is 3. The summed E-state index contributed by atoms with van der Waals surface area (Å²) in [5.74, 6) is -0.842. The van der Waals surface area contributed by atoms with Crippen LogP contribution in [0.3, 0.4) is 0 Å². The molecule has 1 saturated carbocycles. The van der Waals surface area contributed by atoms with E-state index in [-0.39, 0.29) is 17.5 Å². The number of carbonyl (C=O) groups excluding carboxylic acids is 2. The minimum absolute atomic E-state index is 0.00392. The van der Waals surface area contributed by atoms with Gasteiger partial charge < -0.3 is 5.11 Å². The first-order valence-corrected chi connectivity index (χ1v) is 9.81. The van der Waals surface area contributed by atoms with E-state index in [9.17, 15) is 14.7 Å². The minimum Gasteiger partial charge on any atom is -0.504 e. The van der Waals surface area contributed by atoms with Gasteiger partial charge in [-0.2, -0.15) is 0 Å². The van der Waals surface area contributed by atoms with Gasteiger partial charge in [-0.15, -0.1) is 0 Å². The second kappa shape index (κ2) is 8.46. The van der Waals surface area contributed by atoms with Crippen LogP contribution in [0.15, 0.2) is 35.6 Å². The highest BCUT2D eigenvalue weighted by Crippen LogP contribution is 2.35. The molecule has 1 fully saturated rings. The Morgan fingerprint density at radius 3 is 1.64 bits per heavy atom. The van der Waals surface area contributed by atoms with Gasteiger partial charge in [-0.05, 0) is 18.8 Å². The van der Waals surface area contributed by atoms with Gasteiger partial charge in [0.1, 0.15) is 0 Å². The van der Waals surface area contributed by atoms with Gasteiger partial charge in [0.15, 0.2) is 11.5 Å². The Morgan fingerprint density at radius 1 is 0.680 bits per heavy atom. The molecular formula is C22H28O3. The molecule has 0 bridgehead atoms. The van der Waals surface area contributed by atoms with Crippen LogP contribution in [0.2, 0.25) is 0 Å². The third kappa shape index (κ3) is 4.02. The molecule has 3 rings (SSSR count). The number of hydrogen-bond donors (Lipinski definition) is 1. The van der Waals surface area contributed by atoms with Gasteiger partial charge in [-0.25, -0.2) is 0 Å². The summed E-state index contributed by atoms with van der Waals surface area (Å²) in [5, 5.41) is 10.5. The van der Waals surface area contributed by atoms with Gasteiger partial charge in [-0.1, -0.05) is 82.1 Å². The van der Waals surface area contributed by atoms with Crippen LogP contribution < -0.4 is 0 Å². The standard InChI is InChI=1S/C22H28O3/c23-20-17-14-10-11-15-18(17)21(24)22(25)19(20)16-12-8-6-4-2-1-3-5-7-9-13-16/h10-11,14-16,25H,1-9,12-13H2. The number of allylic oxidation sites excluding steroid dienone is 2. The number of aliphatic hydroxyl groups excluding tert-OH is 1. The largest absolute Gasteiger partial charge is 0.504 e. The fraction of sp³-hybridized carbons (Fsp3) is 0.545. The fourth-order valence-corrected chi connectivity index (χ4v) is 4.21. The highest BCUT2D eigenvalue weighted by Gasteiger charge is 2.35. The summed E-state index contributed by atoms with van der Waals surface area (Å²) in [4.78, 5) is 25.5. The van der Waals surface area contributed by atoms with Crippen molar-refractivity contribution in [2.24, 2.45) is 5.92 Å². The molecule has 0 saturated heterocycles. The van der Waals surface area contributed by atoms with E-state index >= 15 is 0 Å². The van der Waals surface area contributed by atoms with Crippen LogP contribution in [0.5, 0.6) is 0 Å². The highest BCUT2D eigenvalue weighted by atomic mass is 16.3. The summed E-state index contributed by atoms with van der Waals surface area (Å²) in [6, 6.07) is 6.85. The Labute approximate surface area is 150 Å². The van der Waals surface area contributed by atoms with E-state index in [1.54, 1.807) is 24.3 Å².